The first-order chi connectivity index (χ1) is 11.8. The molecule has 6 nitrogen and oxygen atoms in total. The number of pyridine rings is 1. The van der Waals surface area contributed by atoms with E-state index >= 15 is 0 Å². The number of anilines is 2. The normalized spacial score (nSPS) is 15.0. The molecule has 126 valence electrons. The van der Waals surface area contributed by atoms with E-state index in [4.69, 9.17) is 4.74 Å². The molecule has 0 spiro atoms. The van der Waals surface area contributed by atoms with Gasteiger partial charge in [-0.2, -0.15) is 0 Å². The van der Waals surface area contributed by atoms with Crippen LogP contribution in [0.25, 0.3) is 0 Å². The van der Waals surface area contributed by atoms with Crippen molar-refractivity contribution in [2.75, 3.05) is 50.0 Å². The number of morpholine rings is 1. The molecule has 1 aromatic carbocycles. The molecule has 3 rings (SSSR count). The lowest BCUT2D eigenvalue weighted by Gasteiger charge is -2.26. The van der Waals surface area contributed by atoms with E-state index in [-0.39, 0.29) is 5.91 Å². The Labute approximate surface area is 141 Å². The second-order valence-electron chi connectivity index (χ2n) is 5.63. The Morgan fingerprint density at radius 1 is 1.12 bits per heavy atom. The number of ether oxygens (including phenoxy) is 1. The van der Waals surface area contributed by atoms with Gasteiger partial charge in [-0.15, -0.1) is 0 Å². The molecule has 0 unspecified atom stereocenters. The van der Waals surface area contributed by atoms with Gasteiger partial charge in [0.25, 0.3) is 5.91 Å². The second-order valence-corrected chi connectivity index (χ2v) is 5.63. The minimum absolute atomic E-state index is 0.156. The molecule has 1 aromatic heterocycles. The summed E-state index contributed by atoms with van der Waals surface area (Å²) >= 11 is 0. The average molecular weight is 326 g/mol. The van der Waals surface area contributed by atoms with Crippen LogP contribution in [0, 0.1) is 0 Å². The first-order valence-electron chi connectivity index (χ1n) is 8.18. The van der Waals surface area contributed by atoms with Crippen LogP contribution in [0.4, 0.5) is 11.5 Å². The molecule has 0 saturated carbocycles. The van der Waals surface area contributed by atoms with Crippen molar-refractivity contribution >= 4 is 17.4 Å². The lowest BCUT2D eigenvalue weighted by molar-refractivity contribution is 0.0398. The molecule has 0 aliphatic carbocycles. The fourth-order valence-corrected chi connectivity index (χ4v) is 2.53. The summed E-state index contributed by atoms with van der Waals surface area (Å²) in [5.41, 5.74) is 1.56. The quantitative estimate of drug-likeness (QED) is 0.851. The van der Waals surface area contributed by atoms with Crippen LogP contribution in [-0.2, 0) is 4.74 Å². The smallest absolute Gasteiger partial charge is 0.256 e. The van der Waals surface area contributed by atoms with Crippen molar-refractivity contribution in [2.24, 2.45) is 0 Å². The summed E-state index contributed by atoms with van der Waals surface area (Å²) in [6.45, 7) is 5.46. The van der Waals surface area contributed by atoms with Crippen LogP contribution in [0.15, 0.2) is 48.7 Å². The van der Waals surface area contributed by atoms with Crippen molar-refractivity contribution in [3.8, 4) is 0 Å². The zero-order valence-corrected chi connectivity index (χ0v) is 13.6. The van der Waals surface area contributed by atoms with Crippen molar-refractivity contribution < 1.29 is 9.53 Å². The van der Waals surface area contributed by atoms with Gasteiger partial charge in [0.1, 0.15) is 5.82 Å². The van der Waals surface area contributed by atoms with Gasteiger partial charge in [0.05, 0.1) is 25.1 Å². The number of benzene rings is 1. The van der Waals surface area contributed by atoms with E-state index in [1.54, 1.807) is 24.4 Å². The van der Waals surface area contributed by atoms with Crippen LogP contribution < -0.4 is 10.6 Å². The van der Waals surface area contributed by atoms with E-state index in [0.29, 0.717) is 11.4 Å². The molecule has 1 fully saturated rings. The number of hydrogen-bond donors (Lipinski definition) is 2. The van der Waals surface area contributed by atoms with Gasteiger partial charge >= 0.3 is 0 Å². The first-order valence-corrected chi connectivity index (χ1v) is 8.18. The Hall–Kier alpha value is -2.44. The topological polar surface area (TPSA) is 66.5 Å². The largest absolute Gasteiger partial charge is 0.383 e. The van der Waals surface area contributed by atoms with Crippen molar-refractivity contribution in [1.82, 2.24) is 9.88 Å². The maximum absolute atomic E-state index is 12.1. The van der Waals surface area contributed by atoms with E-state index < -0.39 is 0 Å². The lowest BCUT2D eigenvalue weighted by Crippen LogP contribution is -2.39. The number of aromatic nitrogens is 1. The van der Waals surface area contributed by atoms with E-state index in [2.05, 4.69) is 20.5 Å². The predicted octanol–water partition coefficient (Wildman–Crippen LogP) is 2.08. The lowest BCUT2D eigenvalue weighted by atomic mass is 10.2. The molecule has 1 amide bonds. The third kappa shape index (κ3) is 4.78. The Balaban J connectivity index is 1.45. The molecule has 0 bridgehead atoms. The highest BCUT2D eigenvalue weighted by atomic mass is 16.5. The number of carbonyl (C=O) groups excluding carboxylic acids is 1. The van der Waals surface area contributed by atoms with E-state index in [1.165, 1.54) is 0 Å². The number of rotatable bonds is 6. The summed E-state index contributed by atoms with van der Waals surface area (Å²) < 4.78 is 5.33. The molecule has 0 atom stereocenters. The zero-order chi connectivity index (χ0) is 16.6. The summed E-state index contributed by atoms with van der Waals surface area (Å²) in [6.07, 6.45) is 1.74. The number of nitrogens with one attached hydrogen (secondary N) is 2. The molecular formula is C18H22N4O2. The highest BCUT2D eigenvalue weighted by molar-refractivity contribution is 6.03. The number of carbonyl (C=O) groups is 1. The maximum Gasteiger partial charge on any atom is 0.256 e. The van der Waals surface area contributed by atoms with Gasteiger partial charge in [-0.25, -0.2) is 4.98 Å². The standard InChI is InChI=1S/C18H22N4O2/c23-18(15-4-2-1-3-5-15)21-17-7-6-16(14-20-17)19-8-9-22-10-12-24-13-11-22/h1-7,14,19H,8-13H2,(H,20,21,23). The molecule has 1 saturated heterocycles. The Morgan fingerprint density at radius 2 is 1.92 bits per heavy atom. The maximum atomic E-state index is 12.1. The van der Waals surface area contributed by atoms with Crippen LogP contribution in [0.5, 0.6) is 0 Å². The number of hydrogen-bond acceptors (Lipinski definition) is 5. The number of amides is 1. The molecular weight excluding hydrogens is 304 g/mol. The fraction of sp³-hybridized carbons (Fsp3) is 0.333. The molecule has 1 aliphatic heterocycles. The van der Waals surface area contributed by atoms with Crippen LogP contribution >= 0.6 is 0 Å². The first kappa shape index (κ1) is 16.4. The molecule has 2 N–H and O–H groups in total. The van der Waals surface area contributed by atoms with Crippen molar-refractivity contribution in [1.29, 1.82) is 0 Å². The predicted molar refractivity (Wildman–Crippen MR) is 94.4 cm³/mol. The van der Waals surface area contributed by atoms with E-state index in [9.17, 15) is 4.79 Å². The molecule has 2 aromatic rings. The SMILES string of the molecule is O=C(Nc1ccc(NCCN2CCOCC2)cn1)c1ccccc1. The molecule has 1 aliphatic rings. The summed E-state index contributed by atoms with van der Waals surface area (Å²) in [5, 5.41) is 6.14. The fourth-order valence-electron chi connectivity index (χ4n) is 2.53. The van der Waals surface area contributed by atoms with E-state index in [0.717, 1.165) is 45.1 Å². The summed E-state index contributed by atoms with van der Waals surface area (Å²) in [6, 6.07) is 12.8. The summed E-state index contributed by atoms with van der Waals surface area (Å²) in [4.78, 5) is 18.7. The highest BCUT2D eigenvalue weighted by Gasteiger charge is 2.09. The van der Waals surface area contributed by atoms with Crippen LogP contribution in [0.3, 0.4) is 0 Å². The number of nitrogens with zero attached hydrogens (tertiary/aromatic N) is 2. The third-order valence-corrected chi connectivity index (χ3v) is 3.90. The Morgan fingerprint density at radius 3 is 2.62 bits per heavy atom. The van der Waals surface area contributed by atoms with Crippen molar-refractivity contribution in [2.45, 2.75) is 0 Å². The van der Waals surface area contributed by atoms with Gasteiger partial charge in [0.2, 0.25) is 0 Å². The van der Waals surface area contributed by atoms with Crippen molar-refractivity contribution in [3.63, 3.8) is 0 Å². The molecule has 2 heterocycles. The highest BCUT2D eigenvalue weighted by Crippen LogP contribution is 2.11. The van der Waals surface area contributed by atoms with Gasteiger partial charge in [-0.05, 0) is 24.3 Å². The van der Waals surface area contributed by atoms with Crippen molar-refractivity contribution in [3.05, 3.63) is 54.2 Å². The van der Waals surface area contributed by atoms with Gasteiger partial charge in [-0.1, -0.05) is 18.2 Å². The average Bonchev–Trinajstić information content (AvgIpc) is 2.65. The summed E-state index contributed by atoms with van der Waals surface area (Å²) in [7, 11) is 0. The Kier molecular flexibility index (Phi) is 5.76. The molecule has 6 heteroatoms. The van der Waals surface area contributed by atoms with Crippen LogP contribution in [0.2, 0.25) is 0 Å². The van der Waals surface area contributed by atoms with Gasteiger partial charge in [0, 0.05) is 31.7 Å². The van der Waals surface area contributed by atoms with Crippen LogP contribution in [0.1, 0.15) is 10.4 Å². The monoisotopic (exact) mass is 326 g/mol. The van der Waals surface area contributed by atoms with E-state index in [1.807, 2.05) is 24.3 Å². The Bertz CT molecular complexity index is 640. The minimum Gasteiger partial charge on any atom is -0.383 e. The van der Waals surface area contributed by atoms with Gasteiger partial charge in [0.15, 0.2) is 0 Å². The minimum atomic E-state index is -0.156. The molecule has 0 radical (unpaired) electrons. The summed E-state index contributed by atoms with van der Waals surface area (Å²) in [5.74, 6) is 0.388. The third-order valence-electron chi connectivity index (χ3n) is 3.90. The zero-order valence-electron chi connectivity index (χ0n) is 13.6. The second kappa shape index (κ2) is 8.42. The van der Waals surface area contributed by atoms with Crippen LogP contribution in [-0.4, -0.2) is 55.2 Å². The molecule has 24 heavy (non-hydrogen) atoms. The van der Waals surface area contributed by atoms with Gasteiger partial charge < -0.3 is 15.4 Å². The van der Waals surface area contributed by atoms with Gasteiger partial charge in [-0.3, -0.25) is 9.69 Å².